The van der Waals surface area contributed by atoms with Gasteiger partial charge < -0.3 is 9.64 Å². The number of carbonyl (C=O) groups is 2. The van der Waals surface area contributed by atoms with Gasteiger partial charge in [0.05, 0.1) is 4.90 Å². The molecular formula is C22H26N2O5S. The average Bonchev–Trinajstić information content (AvgIpc) is 3.06. The van der Waals surface area contributed by atoms with Gasteiger partial charge in [-0.1, -0.05) is 50.2 Å². The van der Waals surface area contributed by atoms with Crippen LogP contribution in [0.4, 0.5) is 5.69 Å². The molecule has 0 spiro atoms. The van der Waals surface area contributed by atoms with Gasteiger partial charge >= 0.3 is 5.97 Å². The molecule has 2 aromatic carbocycles. The van der Waals surface area contributed by atoms with Crippen molar-refractivity contribution in [3.05, 3.63) is 60.2 Å². The normalized spacial score (nSPS) is 16.9. The number of sulfonamides is 1. The van der Waals surface area contributed by atoms with Crippen LogP contribution in [0.25, 0.3) is 0 Å². The summed E-state index contributed by atoms with van der Waals surface area (Å²) < 4.78 is 32.8. The Morgan fingerprint density at radius 3 is 2.40 bits per heavy atom. The predicted octanol–water partition coefficient (Wildman–Crippen LogP) is 2.51. The summed E-state index contributed by atoms with van der Waals surface area (Å²) in [6, 6.07) is 14.3. The molecule has 8 heteroatoms. The van der Waals surface area contributed by atoms with E-state index in [1.54, 1.807) is 36.9 Å². The minimum atomic E-state index is -3.90. The number of hydrogen-bond donors (Lipinski definition) is 1. The summed E-state index contributed by atoms with van der Waals surface area (Å²) in [4.78, 5) is 27.0. The smallest absolute Gasteiger partial charge is 0.324 e. The number of nitrogens with zero attached hydrogens (tertiary/aromatic N) is 1. The number of rotatable bonds is 7. The molecule has 1 N–H and O–H groups in total. The molecule has 1 unspecified atom stereocenters. The number of anilines is 1. The topological polar surface area (TPSA) is 92.8 Å². The van der Waals surface area contributed by atoms with Crippen molar-refractivity contribution in [2.24, 2.45) is 5.92 Å². The zero-order valence-electron chi connectivity index (χ0n) is 17.2. The van der Waals surface area contributed by atoms with Crippen LogP contribution >= 0.6 is 0 Å². The monoisotopic (exact) mass is 430 g/mol. The number of para-hydroxylation sites is 1. The first-order valence-corrected chi connectivity index (χ1v) is 11.3. The van der Waals surface area contributed by atoms with Crippen molar-refractivity contribution in [3.8, 4) is 0 Å². The van der Waals surface area contributed by atoms with Crippen molar-refractivity contribution in [3.63, 3.8) is 0 Å². The van der Waals surface area contributed by atoms with E-state index in [0.717, 1.165) is 17.7 Å². The van der Waals surface area contributed by atoms with Gasteiger partial charge in [0.15, 0.2) is 6.61 Å². The van der Waals surface area contributed by atoms with Crippen LogP contribution in [0.1, 0.15) is 26.3 Å². The van der Waals surface area contributed by atoms with Gasteiger partial charge in [0.2, 0.25) is 10.0 Å². The maximum absolute atomic E-state index is 12.7. The maximum atomic E-state index is 12.7. The van der Waals surface area contributed by atoms with Gasteiger partial charge in [0.1, 0.15) is 6.04 Å². The van der Waals surface area contributed by atoms with E-state index in [1.165, 1.54) is 12.1 Å². The van der Waals surface area contributed by atoms with Crippen LogP contribution in [0.5, 0.6) is 0 Å². The lowest BCUT2D eigenvalue weighted by Gasteiger charge is -2.24. The fourth-order valence-electron chi connectivity index (χ4n) is 3.53. The molecule has 2 aromatic rings. The van der Waals surface area contributed by atoms with Crippen molar-refractivity contribution in [1.29, 1.82) is 0 Å². The number of fused-ring (bicyclic) bond motifs is 1. The molecule has 1 aliphatic rings. The fourth-order valence-corrected chi connectivity index (χ4v) is 4.88. The van der Waals surface area contributed by atoms with Crippen LogP contribution in [0.15, 0.2) is 59.5 Å². The van der Waals surface area contributed by atoms with Gasteiger partial charge in [-0.05, 0) is 43.0 Å². The van der Waals surface area contributed by atoms with Gasteiger partial charge in [0, 0.05) is 11.7 Å². The lowest BCUT2D eigenvalue weighted by Crippen LogP contribution is -2.46. The van der Waals surface area contributed by atoms with Gasteiger partial charge in [0.25, 0.3) is 5.91 Å². The number of ether oxygens (including phenoxy) is 1. The van der Waals surface area contributed by atoms with Crippen molar-refractivity contribution >= 4 is 27.6 Å². The van der Waals surface area contributed by atoms with Crippen LogP contribution in [0.3, 0.4) is 0 Å². The van der Waals surface area contributed by atoms with E-state index in [1.807, 2.05) is 31.2 Å². The average molecular weight is 431 g/mol. The maximum Gasteiger partial charge on any atom is 0.324 e. The second-order valence-corrected chi connectivity index (χ2v) is 9.42. The van der Waals surface area contributed by atoms with Gasteiger partial charge in [-0.15, -0.1) is 0 Å². The molecule has 0 radical (unpaired) electrons. The number of nitrogens with one attached hydrogen (secondary N) is 1. The Kier molecular flexibility index (Phi) is 6.58. The van der Waals surface area contributed by atoms with Gasteiger partial charge in [-0.25, -0.2) is 8.42 Å². The Bertz CT molecular complexity index is 1020. The molecule has 0 saturated carbocycles. The Labute approximate surface area is 177 Å². The van der Waals surface area contributed by atoms with Gasteiger partial charge in [-0.2, -0.15) is 4.72 Å². The summed E-state index contributed by atoms with van der Waals surface area (Å²) in [5.74, 6) is -1.48. The lowest BCUT2D eigenvalue weighted by atomic mass is 10.1. The molecule has 7 nitrogen and oxygen atoms in total. The molecule has 0 saturated heterocycles. The molecule has 2 atom stereocenters. The van der Waals surface area contributed by atoms with Crippen molar-refractivity contribution in [2.45, 2.75) is 44.2 Å². The molecule has 0 fully saturated rings. The van der Waals surface area contributed by atoms with Gasteiger partial charge in [-0.3, -0.25) is 9.59 Å². The summed E-state index contributed by atoms with van der Waals surface area (Å²) >= 11 is 0. The summed E-state index contributed by atoms with van der Waals surface area (Å²) in [5.41, 5.74) is 1.89. The molecule has 0 aliphatic carbocycles. The van der Waals surface area contributed by atoms with Crippen LogP contribution in [-0.2, 0) is 30.8 Å². The van der Waals surface area contributed by atoms with Crippen LogP contribution in [-0.4, -0.2) is 39.0 Å². The standard InChI is InChI=1S/C22H26N2O5S/c1-15(2)21(23-30(27,28)18-10-5-4-6-11-18)22(26)29-14-20(25)24-16(3)13-17-9-7-8-12-19(17)24/h4-12,15-16,21,23H,13-14H2,1-3H3/t16?,21-/m0/s1. The molecule has 0 bridgehead atoms. The number of hydrogen-bond acceptors (Lipinski definition) is 5. The SMILES string of the molecule is CC(C)[C@H](NS(=O)(=O)c1ccccc1)C(=O)OCC(=O)N1c2ccccc2CC1C. The fraction of sp³-hybridized carbons (Fsp3) is 0.364. The summed E-state index contributed by atoms with van der Waals surface area (Å²) in [6.07, 6.45) is 0.737. The van der Waals surface area contributed by atoms with Crippen LogP contribution < -0.4 is 9.62 Å². The second kappa shape index (κ2) is 8.97. The first-order chi connectivity index (χ1) is 14.2. The Morgan fingerprint density at radius 2 is 1.73 bits per heavy atom. The van der Waals surface area contributed by atoms with E-state index in [4.69, 9.17) is 4.74 Å². The highest BCUT2D eigenvalue weighted by atomic mass is 32.2. The molecule has 1 heterocycles. The van der Waals surface area contributed by atoms with E-state index in [0.29, 0.717) is 0 Å². The third kappa shape index (κ3) is 4.71. The third-order valence-corrected chi connectivity index (χ3v) is 6.53. The van der Waals surface area contributed by atoms with Crippen molar-refractivity contribution in [2.75, 3.05) is 11.5 Å². The molecular weight excluding hydrogens is 404 g/mol. The van der Waals surface area contributed by atoms with E-state index in [-0.39, 0.29) is 22.8 Å². The molecule has 160 valence electrons. The minimum Gasteiger partial charge on any atom is -0.454 e. The molecule has 3 rings (SSSR count). The number of esters is 1. The van der Waals surface area contributed by atoms with Crippen LogP contribution in [0.2, 0.25) is 0 Å². The second-order valence-electron chi connectivity index (χ2n) is 7.71. The molecule has 30 heavy (non-hydrogen) atoms. The Hall–Kier alpha value is -2.71. The zero-order chi connectivity index (χ0) is 21.9. The van der Waals surface area contributed by atoms with E-state index < -0.39 is 28.6 Å². The van der Waals surface area contributed by atoms with Crippen molar-refractivity contribution < 1.29 is 22.7 Å². The van der Waals surface area contributed by atoms with E-state index in [2.05, 4.69) is 4.72 Å². The number of carbonyl (C=O) groups excluding carboxylic acids is 2. The zero-order valence-corrected chi connectivity index (χ0v) is 18.1. The number of amides is 1. The van der Waals surface area contributed by atoms with Crippen molar-refractivity contribution in [1.82, 2.24) is 4.72 Å². The molecule has 1 aliphatic heterocycles. The molecule has 0 aromatic heterocycles. The Morgan fingerprint density at radius 1 is 1.10 bits per heavy atom. The molecule has 1 amide bonds. The Balaban J connectivity index is 1.67. The predicted molar refractivity (Wildman–Crippen MR) is 113 cm³/mol. The summed E-state index contributed by atoms with van der Waals surface area (Å²) in [5, 5.41) is 0. The largest absolute Gasteiger partial charge is 0.454 e. The number of benzene rings is 2. The summed E-state index contributed by atoms with van der Waals surface area (Å²) in [6.45, 7) is 4.90. The third-order valence-electron chi connectivity index (χ3n) is 5.07. The lowest BCUT2D eigenvalue weighted by molar-refractivity contribution is -0.150. The highest BCUT2D eigenvalue weighted by Gasteiger charge is 2.33. The minimum absolute atomic E-state index is 0.0360. The van der Waals surface area contributed by atoms with E-state index in [9.17, 15) is 18.0 Å². The first kappa shape index (κ1) is 22.0. The van der Waals surface area contributed by atoms with Crippen LogP contribution in [0, 0.1) is 5.92 Å². The highest BCUT2D eigenvalue weighted by molar-refractivity contribution is 7.89. The van der Waals surface area contributed by atoms with E-state index >= 15 is 0 Å². The quantitative estimate of drug-likeness (QED) is 0.682. The first-order valence-electron chi connectivity index (χ1n) is 9.84. The summed E-state index contributed by atoms with van der Waals surface area (Å²) in [7, 11) is -3.90. The highest BCUT2D eigenvalue weighted by Crippen LogP contribution is 2.31.